The predicted molar refractivity (Wildman–Crippen MR) is 134 cm³/mol. The molecule has 0 aliphatic carbocycles. The summed E-state index contributed by atoms with van der Waals surface area (Å²) in [6.07, 6.45) is 2.33. The molecule has 0 spiro atoms. The Morgan fingerprint density at radius 2 is 1.37 bits per heavy atom. The lowest BCUT2D eigenvalue weighted by molar-refractivity contribution is -0.0774. The van der Waals surface area contributed by atoms with Crippen LogP contribution in [0.1, 0.15) is 41.3 Å². The van der Waals surface area contributed by atoms with E-state index in [4.69, 9.17) is 9.47 Å². The molecule has 1 aliphatic heterocycles. The first-order valence-electron chi connectivity index (χ1n) is 11.9. The number of nitrogens with one attached hydrogen (secondary N) is 1. The van der Waals surface area contributed by atoms with Gasteiger partial charge in [0.05, 0.1) is 12.7 Å². The van der Waals surface area contributed by atoms with Gasteiger partial charge < -0.3 is 9.47 Å². The normalized spacial score (nSPS) is 18.0. The van der Waals surface area contributed by atoms with Crippen LogP contribution in [0.4, 0.5) is 0 Å². The zero-order chi connectivity index (χ0) is 24.3. The van der Waals surface area contributed by atoms with Crippen LogP contribution in [0.2, 0.25) is 0 Å². The third kappa shape index (κ3) is 4.50. The van der Waals surface area contributed by atoms with E-state index in [1.807, 2.05) is 54.6 Å². The number of H-pyrrole nitrogens is 1. The number of benzene rings is 3. The molecule has 4 aromatic rings. The minimum atomic E-state index is -0.823. The Hall–Kier alpha value is -3.74. The molecule has 1 fully saturated rings. The van der Waals surface area contributed by atoms with Crippen molar-refractivity contribution < 1.29 is 9.47 Å². The van der Waals surface area contributed by atoms with E-state index in [1.165, 1.54) is 4.57 Å². The minimum Gasteiger partial charge on any atom is -0.358 e. The summed E-state index contributed by atoms with van der Waals surface area (Å²) < 4.78 is 14.6. The topological polar surface area (TPSA) is 73.3 Å². The van der Waals surface area contributed by atoms with Crippen LogP contribution in [0.3, 0.4) is 0 Å². The number of ether oxygens (including phenoxy) is 2. The van der Waals surface area contributed by atoms with Gasteiger partial charge in [0.1, 0.15) is 11.8 Å². The van der Waals surface area contributed by atoms with Crippen molar-refractivity contribution in [3.8, 4) is 0 Å². The fourth-order valence-corrected chi connectivity index (χ4v) is 4.80. The number of hydrogen-bond donors (Lipinski definition) is 1. The molecular weight excluding hydrogens is 440 g/mol. The highest BCUT2D eigenvalue weighted by molar-refractivity contribution is 5.47. The van der Waals surface area contributed by atoms with Gasteiger partial charge in [-0.25, -0.2) is 4.79 Å². The fourth-order valence-electron chi connectivity index (χ4n) is 4.80. The molecule has 35 heavy (non-hydrogen) atoms. The van der Waals surface area contributed by atoms with Gasteiger partial charge in [0.15, 0.2) is 0 Å². The molecule has 3 aromatic carbocycles. The molecule has 0 unspecified atom stereocenters. The van der Waals surface area contributed by atoms with Crippen molar-refractivity contribution in [2.75, 3.05) is 6.61 Å². The Bertz CT molecular complexity index is 1280. The number of rotatable bonds is 7. The van der Waals surface area contributed by atoms with Crippen molar-refractivity contribution >= 4 is 0 Å². The maximum atomic E-state index is 12.4. The van der Waals surface area contributed by atoms with Gasteiger partial charge in [0.25, 0.3) is 5.56 Å². The first-order valence-corrected chi connectivity index (χ1v) is 11.9. The molecule has 6 nitrogen and oxygen atoms in total. The Labute approximate surface area is 203 Å². The van der Waals surface area contributed by atoms with E-state index in [9.17, 15) is 9.59 Å². The monoisotopic (exact) mass is 468 g/mol. The van der Waals surface area contributed by atoms with Crippen LogP contribution in [0.15, 0.2) is 107 Å². The smallest absolute Gasteiger partial charge is 0.330 e. The maximum Gasteiger partial charge on any atom is 0.330 e. The number of aryl methyl sites for hydroxylation is 1. The van der Waals surface area contributed by atoms with Gasteiger partial charge in [0.2, 0.25) is 0 Å². The highest BCUT2D eigenvalue weighted by Gasteiger charge is 2.39. The van der Waals surface area contributed by atoms with E-state index in [0.29, 0.717) is 18.6 Å². The summed E-state index contributed by atoms with van der Waals surface area (Å²) in [6, 6.07) is 30.6. The largest absolute Gasteiger partial charge is 0.358 e. The lowest BCUT2D eigenvalue weighted by Crippen LogP contribution is -2.36. The average Bonchev–Trinajstić information content (AvgIpc) is 3.37. The molecule has 1 aromatic heterocycles. The third-order valence-corrected chi connectivity index (χ3v) is 6.57. The zero-order valence-electron chi connectivity index (χ0n) is 19.6. The first kappa shape index (κ1) is 23.0. The molecule has 1 N–H and O–H groups in total. The lowest BCUT2D eigenvalue weighted by atomic mass is 9.80. The number of aromatic nitrogens is 2. The molecule has 0 bridgehead atoms. The second-order valence-corrected chi connectivity index (χ2v) is 8.86. The van der Waals surface area contributed by atoms with Crippen molar-refractivity contribution in [2.24, 2.45) is 0 Å². The van der Waals surface area contributed by atoms with Crippen molar-refractivity contribution in [3.05, 3.63) is 140 Å². The summed E-state index contributed by atoms with van der Waals surface area (Å²) in [5.41, 5.74) is 1.90. The Kier molecular flexibility index (Phi) is 6.49. The summed E-state index contributed by atoms with van der Waals surface area (Å²) in [5.74, 6) is 0. The van der Waals surface area contributed by atoms with Crippen molar-refractivity contribution in [1.29, 1.82) is 0 Å². The highest BCUT2D eigenvalue weighted by atomic mass is 16.6. The van der Waals surface area contributed by atoms with E-state index in [2.05, 4.69) is 41.4 Å². The van der Waals surface area contributed by atoms with Crippen molar-refractivity contribution in [3.63, 3.8) is 0 Å². The van der Waals surface area contributed by atoms with Crippen LogP contribution in [-0.2, 0) is 15.1 Å². The summed E-state index contributed by atoms with van der Waals surface area (Å²) in [4.78, 5) is 26.5. The molecule has 1 saturated heterocycles. The van der Waals surface area contributed by atoms with Gasteiger partial charge >= 0.3 is 5.69 Å². The van der Waals surface area contributed by atoms with E-state index in [-0.39, 0.29) is 11.7 Å². The minimum absolute atomic E-state index is 0.199. The van der Waals surface area contributed by atoms with E-state index < -0.39 is 17.5 Å². The summed E-state index contributed by atoms with van der Waals surface area (Å²) >= 11 is 0. The quantitative estimate of drug-likeness (QED) is 0.405. The Morgan fingerprint density at radius 1 is 0.857 bits per heavy atom. The molecule has 5 rings (SSSR count). The molecule has 2 atom stereocenters. The second-order valence-electron chi connectivity index (χ2n) is 8.86. The number of nitrogens with zero attached hydrogens (tertiary/aromatic N) is 1. The van der Waals surface area contributed by atoms with E-state index in [1.54, 1.807) is 13.1 Å². The van der Waals surface area contributed by atoms with E-state index in [0.717, 1.165) is 23.1 Å². The lowest BCUT2D eigenvalue weighted by Gasteiger charge is -2.36. The average molecular weight is 469 g/mol. The van der Waals surface area contributed by atoms with Crippen molar-refractivity contribution in [1.82, 2.24) is 9.55 Å². The summed E-state index contributed by atoms with van der Waals surface area (Å²) in [5, 5.41) is 0. The summed E-state index contributed by atoms with van der Waals surface area (Å²) in [6.45, 7) is 2.02. The van der Waals surface area contributed by atoms with Gasteiger partial charge in [-0.1, -0.05) is 91.0 Å². The standard InChI is InChI=1S/C29H28N2O4/c1-21-19-31(28(33)30-27(21)32)26-18-17-25(35-26)20-34-29(22-11-5-2-6-12-22,23-13-7-3-8-14-23)24-15-9-4-10-16-24/h2-16,19,25-26H,17-18,20H2,1H3,(H,30,32,33)/t25-,26-/m1/s1. The van der Waals surface area contributed by atoms with Crippen LogP contribution >= 0.6 is 0 Å². The fraction of sp³-hybridized carbons (Fsp3) is 0.241. The SMILES string of the molecule is Cc1cn([C@H]2CC[C@H](COC(c3ccccc3)(c3ccccc3)c3ccccc3)O2)c(=O)[nH]c1=O. The van der Waals surface area contributed by atoms with Crippen molar-refractivity contribution in [2.45, 2.75) is 37.7 Å². The van der Waals surface area contributed by atoms with Crippen LogP contribution in [-0.4, -0.2) is 22.3 Å². The Balaban J connectivity index is 1.47. The number of hydrogen-bond acceptors (Lipinski definition) is 4. The van der Waals surface area contributed by atoms with Gasteiger partial charge in [-0.3, -0.25) is 14.3 Å². The molecule has 0 saturated carbocycles. The first-order chi connectivity index (χ1) is 17.1. The molecular formula is C29H28N2O4. The third-order valence-electron chi connectivity index (χ3n) is 6.57. The molecule has 178 valence electrons. The van der Waals surface area contributed by atoms with Crippen LogP contribution in [0.5, 0.6) is 0 Å². The van der Waals surface area contributed by atoms with Gasteiger partial charge in [-0.05, 0) is 36.5 Å². The van der Waals surface area contributed by atoms with Gasteiger partial charge in [-0.2, -0.15) is 0 Å². The number of aromatic amines is 1. The van der Waals surface area contributed by atoms with Crippen LogP contribution in [0.25, 0.3) is 0 Å². The molecule has 1 aliphatic rings. The summed E-state index contributed by atoms with van der Waals surface area (Å²) in [7, 11) is 0. The molecule has 6 heteroatoms. The molecule has 0 amide bonds. The van der Waals surface area contributed by atoms with Crippen LogP contribution < -0.4 is 11.2 Å². The molecule has 2 heterocycles. The van der Waals surface area contributed by atoms with Crippen LogP contribution in [0, 0.1) is 6.92 Å². The maximum absolute atomic E-state index is 12.4. The zero-order valence-corrected chi connectivity index (χ0v) is 19.6. The second kappa shape index (κ2) is 9.86. The predicted octanol–water partition coefficient (Wildman–Crippen LogP) is 4.53. The van der Waals surface area contributed by atoms with E-state index >= 15 is 0 Å². The molecule has 0 radical (unpaired) electrons. The van der Waals surface area contributed by atoms with Gasteiger partial charge in [0, 0.05) is 11.8 Å². The van der Waals surface area contributed by atoms with Gasteiger partial charge in [-0.15, -0.1) is 0 Å². The Morgan fingerprint density at radius 3 is 1.89 bits per heavy atom. The highest BCUT2D eigenvalue weighted by Crippen LogP contribution is 2.41.